The van der Waals surface area contributed by atoms with Crippen LogP contribution in [0.5, 0.6) is 5.75 Å². The van der Waals surface area contributed by atoms with Gasteiger partial charge in [0.05, 0.1) is 6.54 Å². The van der Waals surface area contributed by atoms with Gasteiger partial charge in [0.25, 0.3) is 0 Å². The van der Waals surface area contributed by atoms with Crippen LogP contribution in [0.4, 0.5) is 23.7 Å². The fraction of sp³-hybridized carbons (Fsp3) is 0.333. The molecule has 1 aliphatic heterocycles. The number of rotatable bonds is 6. The van der Waals surface area contributed by atoms with E-state index in [9.17, 15) is 22.8 Å². The maximum absolute atomic E-state index is 12.5. The molecule has 1 saturated heterocycles. The SMILES string of the molecule is O=C(CN1CCN(C(=O)NCc2ccccc2OC(F)(F)F)CC1)Nc1ccccc1. The van der Waals surface area contributed by atoms with Gasteiger partial charge >= 0.3 is 12.4 Å². The van der Waals surface area contributed by atoms with Crippen LogP contribution in [0.15, 0.2) is 54.6 Å². The Bertz CT molecular complexity index is 885. The molecule has 1 heterocycles. The van der Waals surface area contributed by atoms with E-state index >= 15 is 0 Å². The van der Waals surface area contributed by atoms with E-state index in [1.165, 1.54) is 18.2 Å². The zero-order valence-electron chi connectivity index (χ0n) is 16.7. The highest BCUT2D eigenvalue weighted by Gasteiger charge is 2.32. The van der Waals surface area contributed by atoms with Gasteiger partial charge in [0.15, 0.2) is 0 Å². The number of piperazine rings is 1. The second-order valence-corrected chi connectivity index (χ2v) is 6.99. The Morgan fingerprint density at radius 3 is 2.26 bits per heavy atom. The topological polar surface area (TPSA) is 73.9 Å². The summed E-state index contributed by atoms with van der Waals surface area (Å²) >= 11 is 0. The smallest absolute Gasteiger partial charge is 0.405 e. The van der Waals surface area contributed by atoms with E-state index in [0.29, 0.717) is 26.2 Å². The average molecular weight is 436 g/mol. The van der Waals surface area contributed by atoms with E-state index in [4.69, 9.17) is 0 Å². The summed E-state index contributed by atoms with van der Waals surface area (Å²) in [5.74, 6) is -0.477. The Hall–Kier alpha value is -3.27. The van der Waals surface area contributed by atoms with Crippen molar-refractivity contribution < 1.29 is 27.5 Å². The summed E-state index contributed by atoms with van der Waals surface area (Å²) in [6.45, 7) is 1.97. The minimum absolute atomic E-state index is 0.0925. The summed E-state index contributed by atoms with van der Waals surface area (Å²) in [4.78, 5) is 28.0. The largest absolute Gasteiger partial charge is 0.573 e. The first-order chi connectivity index (χ1) is 14.8. The van der Waals surface area contributed by atoms with Crippen LogP contribution in [0.25, 0.3) is 0 Å². The van der Waals surface area contributed by atoms with Crippen molar-refractivity contribution >= 4 is 17.6 Å². The molecule has 0 atom stereocenters. The molecule has 31 heavy (non-hydrogen) atoms. The number of nitrogens with one attached hydrogen (secondary N) is 2. The van der Waals surface area contributed by atoms with Gasteiger partial charge in [0.2, 0.25) is 5.91 Å². The first kappa shape index (κ1) is 22.4. The first-order valence-corrected chi connectivity index (χ1v) is 9.74. The van der Waals surface area contributed by atoms with Crippen molar-refractivity contribution in [1.82, 2.24) is 15.1 Å². The van der Waals surface area contributed by atoms with Crippen molar-refractivity contribution in [3.8, 4) is 5.75 Å². The van der Waals surface area contributed by atoms with Crippen LogP contribution in [0, 0.1) is 0 Å². The van der Waals surface area contributed by atoms with E-state index in [0.717, 1.165) is 5.69 Å². The van der Waals surface area contributed by atoms with Crippen LogP contribution in [-0.4, -0.2) is 60.8 Å². The number of para-hydroxylation sites is 2. The number of halogens is 3. The van der Waals surface area contributed by atoms with Gasteiger partial charge in [-0.3, -0.25) is 9.69 Å². The number of ether oxygens (including phenoxy) is 1. The Kier molecular flexibility index (Phi) is 7.35. The number of anilines is 1. The van der Waals surface area contributed by atoms with E-state index in [1.807, 2.05) is 23.1 Å². The van der Waals surface area contributed by atoms with Crippen molar-refractivity contribution in [1.29, 1.82) is 0 Å². The van der Waals surface area contributed by atoms with Gasteiger partial charge in [-0.15, -0.1) is 13.2 Å². The summed E-state index contributed by atoms with van der Waals surface area (Å²) in [6, 6.07) is 14.4. The van der Waals surface area contributed by atoms with Crippen molar-refractivity contribution in [2.24, 2.45) is 0 Å². The summed E-state index contributed by atoms with van der Waals surface area (Å²) in [5, 5.41) is 5.44. The highest BCUT2D eigenvalue weighted by molar-refractivity contribution is 5.92. The Labute approximate surface area is 177 Å². The van der Waals surface area contributed by atoms with Gasteiger partial charge in [-0.25, -0.2) is 4.79 Å². The molecule has 0 aliphatic carbocycles. The van der Waals surface area contributed by atoms with Crippen LogP contribution >= 0.6 is 0 Å². The molecule has 7 nitrogen and oxygen atoms in total. The number of hydrogen-bond donors (Lipinski definition) is 2. The normalized spacial score (nSPS) is 14.7. The highest BCUT2D eigenvalue weighted by Crippen LogP contribution is 2.26. The number of nitrogens with zero attached hydrogens (tertiary/aromatic N) is 2. The summed E-state index contributed by atoms with van der Waals surface area (Å²) in [6.07, 6.45) is -4.80. The standard InChI is InChI=1S/C21H23F3N4O3/c22-21(23,24)31-18-9-5-4-6-16(18)14-25-20(30)28-12-10-27(11-13-28)15-19(29)26-17-7-2-1-3-8-17/h1-9H,10-15H2,(H,25,30)(H,26,29). The fourth-order valence-electron chi connectivity index (χ4n) is 3.19. The minimum Gasteiger partial charge on any atom is -0.405 e. The maximum atomic E-state index is 12.5. The van der Waals surface area contributed by atoms with Crippen LogP contribution in [0.2, 0.25) is 0 Å². The lowest BCUT2D eigenvalue weighted by Gasteiger charge is -2.34. The second-order valence-electron chi connectivity index (χ2n) is 6.99. The van der Waals surface area contributed by atoms with Crippen LogP contribution in [0.3, 0.4) is 0 Å². The molecule has 166 valence electrons. The molecule has 3 rings (SSSR count). The zero-order chi connectivity index (χ0) is 22.3. The molecule has 0 bridgehead atoms. The van der Waals surface area contributed by atoms with Gasteiger partial charge in [-0.1, -0.05) is 36.4 Å². The maximum Gasteiger partial charge on any atom is 0.573 e. The molecule has 0 aromatic heterocycles. The van der Waals surface area contributed by atoms with Gasteiger partial charge in [-0.2, -0.15) is 0 Å². The van der Waals surface area contributed by atoms with Crippen LogP contribution < -0.4 is 15.4 Å². The molecular formula is C21H23F3N4O3. The third-order valence-electron chi connectivity index (χ3n) is 4.71. The molecule has 2 N–H and O–H groups in total. The quantitative estimate of drug-likeness (QED) is 0.730. The Morgan fingerprint density at radius 2 is 1.58 bits per heavy atom. The lowest BCUT2D eigenvalue weighted by Crippen LogP contribution is -2.52. The Balaban J connectivity index is 1.43. The third-order valence-corrected chi connectivity index (χ3v) is 4.71. The minimum atomic E-state index is -4.80. The molecule has 10 heteroatoms. The van der Waals surface area contributed by atoms with E-state index in [2.05, 4.69) is 15.4 Å². The summed E-state index contributed by atoms with van der Waals surface area (Å²) in [5.41, 5.74) is 0.949. The second kappa shape index (κ2) is 10.2. The number of alkyl halides is 3. The van der Waals surface area contributed by atoms with Gasteiger partial charge < -0.3 is 20.3 Å². The lowest BCUT2D eigenvalue weighted by molar-refractivity contribution is -0.274. The number of carbonyl (C=O) groups is 2. The molecule has 0 spiro atoms. The number of urea groups is 1. The first-order valence-electron chi connectivity index (χ1n) is 9.74. The van der Waals surface area contributed by atoms with Crippen LogP contribution in [-0.2, 0) is 11.3 Å². The van der Waals surface area contributed by atoms with Crippen LogP contribution in [0.1, 0.15) is 5.56 Å². The number of carbonyl (C=O) groups excluding carboxylic acids is 2. The fourth-order valence-corrected chi connectivity index (χ4v) is 3.19. The molecular weight excluding hydrogens is 413 g/mol. The molecule has 1 fully saturated rings. The Morgan fingerprint density at radius 1 is 0.935 bits per heavy atom. The number of amides is 3. The van der Waals surface area contributed by atoms with Gasteiger partial charge in [-0.05, 0) is 18.2 Å². The summed E-state index contributed by atoms with van der Waals surface area (Å²) < 4.78 is 41.5. The van der Waals surface area contributed by atoms with E-state index in [-0.39, 0.29) is 36.3 Å². The average Bonchev–Trinajstić information content (AvgIpc) is 2.73. The number of benzene rings is 2. The molecule has 0 unspecified atom stereocenters. The lowest BCUT2D eigenvalue weighted by atomic mass is 10.2. The van der Waals surface area contributed by atoms with Gasteiger partial charge in [0, 0.05) is 44.0 Å². The predicted octanol–water partition coefficient (Wildman–Crippen LogP) is 3.05. The molecule has 2 aromatic rings. The summed E-state index contributed by atoms with van der Waals surface area (Å²) in [7, 11) is 0. The van der Waals surface area contributed by atoms with Crippen molar-refractivity contribution in [2.75, 3.05) is 38.0 Å². The highest BCUT2D eigenvalue weighted by atomic mass is 19.4. The van der Waals surface area contributed by atoms with Crippen molar-refractivity contribution in [3.05, 3.63) is 60.2 Å². The van der Waals surface area contributed by atoms with Gasteiger partial charge in [0.1, 0.15) is 5.75 Å². The van der Waals surface area contributed by atoms with E-state index < -0.39 is 6.36 Å². The third kappa shape index (κ3) is 7.18. The van der Waals surface area contributed by atoms with Crippen molar-refractivity contribution in [3.63, 3.8) is 0 Å². The zero-order valence-corrected chi connectivity index (χ0v) is 16.7. The van der Waals surface area contributed by atoms with E-state index in [1.54, 1.807) is 23.1 Å². The molecule has 1 aliphatic rings. The predicted molar refractivity (Wildman–Crippen MR) is 108 cm³/mol. The molecule has 2 aromatic carbocycles. The number of hydrogen-bond acceptors (Lipinski definition) is 4. The molecule has 0 saturated carbocycles. The molecule has 3 amide bonds. The van der Waals surface area contributed by atoms with Crippen molar-refractivity contribution in [2.45, 2.75) is 12.9 Å². The molecule has 0 radical (unpaired) electrons. The monoisotopic (exact) mass is 436 g/mol.